The highest BCUT2D eigenvalue weighted by Crippen LogP contribution is 2.17. The van der Waals surface area contributed by atoms with Crippen molar-refractivity contribution in [2.24, 2.45) is 4.99 Å². The van der Waals surface area contributed by atoms with Crippen molar-refractivity contribution in [1.82, 2.24) is 0 Å². The molecule has 0 saturated heterocycles. The summed E-state index contributed by atoms with van der Waals surface area (Å²) in [7, 11) is 0. The Balaban J connectivity index is 2.34. The molecule has 0 radical (unpaired) electrons. The van der Waals surface area contributed by atoms with Gasteiger partial charge in [0.2, 0.25) is 0 Å². The van der Waals surface area contributed by atoms with E-state index in [1.54, 1.807) is 6.92 Å². The van der Waals surface area contributed by atoms with Crippen molar-refractivity contribution in [3.8, 4) is 0 Å². The molecule has 0 bridgehead atoms. The molecular formula is C16H21NO3S. The maximum atomic E-state index is 11.5. The van der Waals surface area contributed by atoms with Gasteiger partial charge >= 0.3 is 5.97 Å². The van der Waals surface area contributed by atoms with Gasteiger partial charge in [0.15, 0.2) is 0 Å². The fraction of sp³-hybridized carbons (Fsp3) is 0.375. The van der Waals surface area contributed by atoms with Gasteiger partial charge in [-0.15, -0.1) is 12.6 Å². The lowest BCUT2D eigenvalue weighted by Gasteiger charge is -2.07. The molecule has 0 aromatic heterocycles. The zero-order chi connectivity index (χ0) is 15.5. The molecule has 21 heavy (non-hydrogen) atoms. The largest absolute Gasteiger partial charge is 0.462 e. The monoisotopic (exact) mass is 307 g/mol. The van der Waals surface area contributed by atoms with Gasteiger partial charge in [0.05, 0.1) is 18.9 Å². The van der Waals surface area contributed by atoms with Crippen LogP contribution in [-0.4, -0.2) is 25.9 Å². The first-order chi connectivity index (χ1) is 10.2. The quantitative estimate of drug-likeness (QED) is 0.250. The third-order valence-corrected chi connectivity index (χ3v) is 3.19. The van der Waals surface area contributed by atoms with Crippen LogP contribution in [0.1, 0.15) is 25.3 Å². The Hall–Kier alpha value is -1.59. The predicted molar refractivity (Wildman–Crippen MR) is 87.5 cm³/mol. The number of esters is 1. The van der Waals surface area contributed by atoms with E-state index in [2.05, 4.69) is 24.3 Å². The predicted octanol–water partition coefficient (Wildman–Crippen LogP) is 3.39. The molecule has 0 aliphatic rings. The van der Waals surface area contributed by atoms with Gasteiger partial charge in [0.25, 0.3) is 0 Å². The molecule has 0 N–H and O–H groups in total. The molecular weight excluding hydrogens is 286 g/mol. The van der Waals surface area contributed by atoms with E-state index < -0.39 is 5.97 Å². The Morgan fingerprint density at radius 1 is 1.33 bits per heavy atom. The van der Waals surface area contributed by atoms with Crippen molar-refractivity contribution in [3.63, 3.8) is 0 Å². The third kappa shape index (κ3) is 6.60. The summed E-state index contributed by atoms with van der Waals surface area (Å²) in [6, 6.07) is 9.97. The number of allylic oxidation sites excluding steroid dienone is 1. The summed E-state index contributed by atoms with van der Waals surface area (Å²) in [4.78, 5) is 15.6. The molecule has 0 fully saturated rings. The van der Waals surface area contributed by atoms with E-state index in [4.69, 9.17) is 9.47 Å². The smallest absolute Gasteiger partial charge is 0.346 e. The van der Waals surface area contributed by atoms with Crippen LogP contribution in [-0.2, 0) is 20.9 Å². The van der Waals surface area contributed by atoms with Crippen molar-refractivity contribution in [2.75, 3.05) is 13.2 Å². The van der Waals surface area contributed by atoms with Gasteiger partial charge in [0.1, 0.15) is 4.91 Å². The highest BCUT2D eigenvalue weighted by molar-refractivity contribution is 7.85. The molecule has 5 heteroatoms. The summed E-state index contributed by atoms with van der Waals surface area (Å²) in [6.07, 6.45) is 1.32. The minimum atomic E-state index is -0.464. The number of rotatable bonds is 9. The molecule has 0 aliphatic heterocycles. The number of hydrogen-bond donors (Lipinski definition) is 1. The fourth-order valence-electron chi connectivity index (χ4n) is 1.70. The average Bonchev–Trinajstić information content (AvgIpc) is 2.51. The van der Waals surface area contributed by atoms with E-state index >= 15 is 0 Å². The van der Waals surface area contributed by atoms with Gasteiger partial charge in [-0.2, -0.15) is 0 Å². The fourth-order valence-corrected chi connectivity index (χ4v) is 1.94. The lowest BCUT2D eigenvalue weighted by molar-refractivity contribution is -0.137. The number of hydrogen-bond acceptors (Lipinski definition) is 5. The number of thiol groups is 1. The van der Waals surface area contributed by atoms with Crippen molar-refractivity contribution in [2.45, 2.75) is 26.4 Å². The summed E-state index contributed by atoms with van der Waals surface area (Å²) in [5, 5.41) is 0. The minimum Gasteiger partial charge on any atom is -0.462 e. The van der Waals surface area contributed by atoms with Crippen LogP contribution < -0.4 is 0 Å². The van der Waals surface area contributed by atoms with Gasteiger partial charge < -0.3 is 9.47 Å². The van der Waals surface area contributed by atoms with E-state index in [0.717, 1.165) is 12.0 Å². The van der Waals surface area contributed by atoms with E-state index in [1.807, 2.05) is 30.3 Å². The minimum absolute atomic E-state index is 0.218. The Bertz CT molecular complexity index is 486. The molecule has 0 spiro atoms. The highest BCUT2D eigenvalue weighted by Gasteiger charge is 2.11. The number of carbonyl (C=O) groups is 1. The first-order valence-corrected chi connectivity index (χ1v) is 7.31. The van der Waals surface area contributed by atoms with E-state index in [9.17, 15) is 4.79 Å². The molecule has 0 heterocycles. The van der Waals surface area contributed by atoms with Crippen LogP contribution in [0.2, 0.25) is 0 Å². The van der Waals surface area contributed by atoms with Gasteiger partial charge in [-0.05, 0) is 32.0 Å². The van der Waals surface area contributed by atoms with Crippen molar-refractivity contribution >= 4 is 25.3 Å². The molecule has 4 nitrogen and oxygen atoms in total. The van der Waals surface area contributed by atoms with E-state index in [1.165, 1.54) is 0 Å². The van der Waals surface area contributed by atoms with Crippen LogP contribution >= 0.6 is 12.6 Å². The van der Waals surface area contributed by atoms with Crippen LogP contribution in [0.5, 0.6) is 0 Å². The summed E-state index contributed by atoms with van der Waals surface area (Å²) in [5.74, 6) is -0.464. The second kappa shape index (κ2) is 10.2. The maximum absolute atomic E-state index is 11.5. The Kier molecular flexibility index (Phi) is 8.47. The standard InChI is InChI=1S/C16H21NO3S/c1-3-20-16(18)15(21)14(17-2)10-7-11-19-12-13-8-5-4-6-9-13/h4-6,8-9,21H,2-3,7,10-12H2,1H3/b15-14-. The third-order valence-electron chi connectivity index (χ3n) is 2.75. The number of carbonyl (C=O) groups excluding carboxylic acids is 1. The molecule has 1 rings (SSSR count). The number of benzene rings is 1. The molecule has 1 aromatic carbocycles. The van der Waals surface area contributed by atoms with Crippen molar-refractivity contribution in [1.29, 1.82) is 0 Å². The molecule has 0 atom stereocenters. The second-order valence-electron chi connectivity index (χ2n) is 4.32. The average molecular weight is 307 g/mol. The Labute approximate surface area is 131 Å². The first kappa shape index (κ1) is 17.5. The van der Waals surface area contributed by atoms with E-state index in [-0.39, 0.29) is 4.91 Å². The van der Waals surface area contributed by atoms with E-state index in [0.29, 0.717) is 31.9 Å². The SMILES string of the molecule is C=N/C(CCCOCc1ccccc1)=C(\S)C(=O)OCC. The molecule has 0 unspecified atom stereocenters. The summed E-state index contributed by atoms with van der Waals surface area (Å²) >= 11 is 4.15. The molecule has 114 valence electrons. The lowest BCUT2D eigenvalue weighted by atomic mass is 10.2. The topological polar surface area (TPSA) is 47.9 Å². The summed E-state index contributed by atoms with van der Waals surface area (Å²) in [5.41, 5.74) is 1.68. The molecule has 0 amide bonds. The van der Waals surface area contributed by atoms with Gasteiger partial charge in [0, 0.05) is 6.61 Å². The zero-order valence-electron chi connectivity index (χ0n) is 12.2. The van der Waals surface area contributed by atoms with Gasteiger partial charge in [-0.3, -0.25) is 4.99 Å². The molecule has 0 saturated carbocycles. The van der Waals surface area contributed by atoms with Crippen LogP contribution in [0, 0.1) is 0 Å². The van der Waals surface area contributed by atoms with Crippen LogP contribution in [0.3, 0.4) is 0 Å². The van der Waals surface area contributed by atoms with Crippen molar-refractivity contribution in [3.05, 3.63) is 46.5 Å². The van der Waals surface area contributed by atoms with Crippen LogP contribution in [0.25, 0.3) is 0 Å². The zero-order valence-corrected chi connectivity index (χ0v) is 13.1. The maximum Gasteiger partial charge on any atom is 0.346 e. The number of aliphatic imine (C=N–C) groups is 1. The normalized spacial score (nSPS) is 11.7. The van der Waals surface area contributed by atoms with Crippen molar-refractivity contribution < 1.29 is 14.3 Å². The Morgan fingerprint density at radius 3 is 2.67 bits per heavy atom. The first-order valence-electron chi connectivity index (χ1n) is 6.86. The summed E-state index contributed by atoms with van der Waals surface area (Å²) in [6.45, 7) is 6.68. The highest BCUT2D eigenvalue weighted by atomic mass is 32.1. The number of ether oxygens (including phenoxy) is 2. The van der Waals surface area contributed by atoms with Gasteiger partial charge in [-0.1, -0.05) is 30.3 Å². The molecule has 1 aromatic rings. The van der Waals surface area contributed by atoms with Crippen LogP contribution in [0.4, 0.5) is 0 Å². The molecule has 0 aliphatic carbocycles. The number of nitrogens with zero attached hydrogens (tertiary/aromatic N) is 1. The van der Waals surface area contributed by atoms with Crippen LogP contribution in [0.15, 0.2) is 45.9 Å². The lowest BCUT2D eigenvalue weighted by Crippen LogP contribution is -2.06. The summed E-state index contributed by atoms with van der Waals surface area (Å²) < 4.78 is 10.5. The Morgan fingerprint density at radius 2 is 2.05 bits per heavy atom. The second-order valence-corrected chi connectivity index (χ2v) is 4.76. The van der Waals surface area contributed by atoms with Gasteiger partial charge in [-0.25, -0.2) is 4.79 Å².